The minimum absolute atomic E-state index is 0.876. The molecule has 0 amide bonds. The highest BCUT2D eigenvalue weighted by Crippen LogP contribution is 2.22. The molecule has 2 heterocycles. The van der Waals surface area contributed by atoms with E-state index in [0.717, 1.165) is 28.2 Å². The van der Waals surface area contributed by atoms with Gasteiger partial charge >= 0.3 is 0 Å². The Morgan fingerprint density at radius 2 is 2.38 bits per heavy atom. The van der Waals surface area contributed by atoms with Gasteiger partial charge in [-0.3, -0.25) is 0 Å². The molecular formula is C8H10N4S. The molecule has 4 nitrogen and oxygen atoms in total. The molecule has 68 valence electrons. The topological polar surface area (TPSA) is 54.5 Å². The molecule has 5 heteroatoms. The highest BCUT2D eigenvalue weighted by molar-refractivity contribution is 7.99. The zero-order valence-corrected chi connectivity index (χ0v) is 8.14. The van der Waals surface area contributed by atoms with Crippen molar-refractivity contribution in [2.75, 3.05) is 5.75 Å². The molecule has 2 aromatic rings. The lowest BCUT2D eigenvalue weighted by Gasteiger charge is -1.97. The minimum atomic E-state index is 0.876. The van der Waals surface area contributed by atoms with Crippen LogP contribution in [0.2, 0.25) is 0 Å². The van der Waals surface area contributed by atoms with Gasteiger partial charge in [0.25, 0.3) is 0 Å². The van der Waals surface area contributed by atoms with Crippen LogP contribution in [0, 0.1) is 0 Å². The normalized spacial score (nSPS) is 10.8. The summed E-state index contributed by atoms with van der Waals surface area (Å²) in [5.74, 6) is 1.07. The van der Waals surface area contributed by atoms with Crippen molar-refractivity contribution in [1.82, 2.24) is 20.4 Å². The molecule has 13 heavy (non-hydrogen) atoms. The van der Waals surface area contributed by atoms with Crippen molar-refractivity contribution >= 4 is 22.8 Å². The van der Waals surface area contributed by atoms with E-state index in [1.165, 1.54) is 0 Å². The van der Waals surface area contributed by atoms with Crippen molar-refractivity contribution < 1.29 is 0 Å². The number of hydrogen-bond donors (Lipinski definition) is 1. The molecule has 2 rings (SSSR count). The van der Waals surface area contributed by atoms with Gasteiger partial charge in [0.2, 0.25) is 0 Å². The Bertz CT molecular complexity index is 398. The molecule has 0 aliphatic rings. The van der Waals surface area contributed by atoms with E-state index in [1.807, 2.05) is 6.07 Å². The number of aromatic amines is 1. The molecule has 0 fully saturated rings. The highest BCUT2D eigenvalue weighted by Gasteiger charge is 2.05. The second-order valence-corrected chi connectivity index (χ2v) is 3.74. The highest BCUT2D eigenvalue weighted by atomic mass is 32.2. The van der Waals surface area contributed by atoms with Gasteiger partial charge in [-0.15, -0.1) is 11.8 Å². The van der Waals surface area contributed by atoms with Crippen LogP contribution >= 0.6 is 11.8 Å². The summed E-state index contributed by atoms with van der Waals surface area (Å²) in [5.41, 5.74) is 1.76. The number of pyridine rings is 1. The standard InChI is InChI=1S/C8H10N4S/c1-2-5-13-8-7-6(3-4-9-8)10-12-11-7/h3-4H,2,5H2,1H3,(H,10,11,12). The molecule has 0 atom stereocenters. The van der Waals surface area contributed by atoms with Crippen molar-refractivity contribution in [2.45, 2.75) is 18.4 Å². The molecule has 0 bridgehead atoms. The van der Waals surface area contributed by atoms with Crippen LogP contribution in [0.5, 0.6) is 0 Å². The Morgan fingerprint density at radius 1 is 1.46 bits per heavy atom. The summed E-state index contributed by atoms with van der Waals surface area (Å²) in [6.07, 6.45) is 2.91. The van der Waals surface area contributed by atoms with Gasteiger partial charge < -0.3 is 0 Å². The number of nitrogens with zero attached hydrogens (tertiary/aromatic N) is 3. The van der Waals surface area contributed by atoms with Gasteiger partial charge in [-0.05, 0) is 18.2 Å². The first kappa shape index (κ1) is 8.50. The first-order valence-electron chi connectivity index (χ1n) is 4.20. The van der Waals surface area contributed by atoms with Gasteiger partial charge in [-0.1, -0.05) is 6.92 Å². The summed E-state index contributed by atoms with van der Waals surface area (Å²) in [6.45, 7) is 2.15. The van der Waals surface area contributed by atoms with Gasteiger partial charge in [0.1, 0.15) is 16.1 Å². The molecular weight excluding hydrogens is 184 g/mol. The third-order valence-corrected chi connectivity index (χ3v) is 2.83. The summed E-state index contributed by atoms with van der Waals surface area (Å²) in [6, 6.07) is 1.86. The molecule has 0 unspecified atom stereocenters. The predicted molar refractivity (Wildman–Crippen MR) is 52.7 cm³/mol. The second kappa shape index (κ2) is 3.74. The third kappa shape index (κ3) is 1.65. The zero-order chi connectivity index (χ0) is 9.10. The molecule has 2 aromatic heterocycles. The number of fused-ring (bicyclic) bond motifs is 1. The van der Waals surface area contributed by atoms with E-state index < -0.39 is 0 Å². The number of nitrogens with one attached hydrogen (secondary N) is 1. The van der Waals surface area contributed by atoms with Crippen molar-refractivity contribution in [3.8, 4) is 0 Å². The Hall–Kier alpha value is -1.10. The van der Waals surface area contributed by atoms with E-state index >= 15 is 0 Å². The summed E-state index contributed by atoms with van der Waals surface area (Å²) in [4.78, 5) is 4.26. The summed E-state index contributed by atoms with van der Waals surface area (Å²) < 4.78 is 0. The van der Waals surface area contributed by atoms with Crippen molar-refractivity contribution in [3.05, 3.63) is 12.3 Å². The van der Waals surface area contributed by atoms with Crippen LogP contribution in [0.4, 0.5) is 0 Å². The van der Waals surface area contributed by atoms with Gasteiger partial charge in [-0.2, -0.15) is 15.4 Å². The average Bonchev–Trinajstić information content (AvgIpc) is 2.62. The Kier molecular flexibility index (Phi) is 2.44. The van der Waals surface area contributed by atoms with E-state index in [-0.39, 0.29) is 0 Å². The lowest BCUT2D eigenvalue weighted by molar-refractivity contribution is 0.954. The van der Waals surface area contributed by atoms with Crippen molar-refractivity contribution in [2.24, 2.45) is 0 Å². The summed E-state index contributed by atoms with van der Waals surface area (Å²) in [5, 5.41) is 11.6. The van der Waals surface area contributed by atoms with E-state index in [4.69, 9.17) is 0 Å². The Morgan fingerprint density at radius 3 is 3.23 bits per heavy atom. The van der Waals surface area contributed by atoms with E-state index in [0.29, 0.717) is 0 Å². The van der Waals surface area contributed by atoms with Crippen LogP contribution in [-0.4, -0.2) is 26.1 Å². The van der Waals surface area contributed by atoms with E-state index in [1.54, 1.807) is 18.0 Å². The van der Waals surface area contributed by atoms with Crippen LogP contribution < -0.4 is 0 Å². The van der Waals surface area contributed by atoms with Crippen LogP contribution in [0.25, 0.3) is 11.0 Å². The van der Waals surface area contributed by atoms with Gasteiger partial charge in [0.05, 0.1) is 0 Å². The lowest BCUT2D eigenvalue weighted by atomic mass is 10.4. The zero-order valence-electron chi connectivity index (χ0n) is 7.32. The number of thioether (sulfide) groups is 1. The van der Waals surface area contributed by atoms with Gasteiger partial charge in [0, 0.05) is 6.20 Å². The van der Waals surface area contributed by atoms with Gasteiger partial charge in [0.15, 0.2) is 0 Å². The first-order valence-corrected chi connectivity index (χ1v) is 5.18. The smallest absolute Gasteiger partial charge is 0.145 e. The fourth-order valence-electron chi connectivity index (χ4n) is 1.05. The van der Waals surface area contributed by atoms with E-state index in [9.17, 15) is 0 Å². The molecule has 0 spiro atoms. The maximum Gasteiger partial charge on any atom is 0.145 e. The maximum atomic E-state index is 4.26. The summed E-state index contributed by atoms with van der Waals surface area (Å²) >= 11 is 1.72. The van der Waals surface area contributed by atoms with Crippen molar-refractivity contribution in [1.29, 1.82) is 0 Å². The van der Waals surface area contributed by atoms with Crippen molar-refractivity contribution in [3.63, 3.8) is 0 Å². The average molecular weight is 194 g/mol. The van der Waals surface area contributed by atoms with Crippen LogP contribution in [0.15, 0.2) is 17.3 Å². The number of H-pyrrole nitrogens is 1. The Balaban J connectivity index is 2.37. The third-order valence-electron chi connectivity index (χ3n) is 1.64. The predicted octanol–water partition coefficient (Wildman–Crippen LogP) is 1.85. The molecule has 0 aliphatic heterocycles. The lowest BCUT2D eigenvalue weighted by Crippen LogP contribution is -1.83. The quantitative estimate of drug-likeness (QED) is 0.758. The second-order valence-electron chi connectivity index (χ2n) is 2.66. The van der Waals surface area contributed by atoms with Crippen LogP contribution in [0.1, 0.15) is 13.3 Å². The molecule has 1 N–H and O–H groups in total. The molecule has 0 radical (unpaired) electrons. The number of aromatic nitrogens is 4. The SMILES string of the molecule is CCCSc1nccc2n[nH]nc12. The van der Waals surface area contributed by atoms with E-state index in [2.05, 4.69) is 27.3 Å². The maximum absolute atomic E-state index is 4.26. The first-order chi connectivity index (χ1) is 6.42. The summed E-state index contributed by atoms with van der Waals surface area (Å²) in [7, 11) is 0. The molecule has 0 saturated carbocycles. The fourth-order valence-corrected chi connectivity index (χ4v) is 1.87. The monoisotopic (exact) mass is 194 g/mol. The molecule has 0 saturated heterocycles. The van der Waals surface area contributed by atoms with Gasteiger partial charge in [-0.25, -0.2) is 4.98 Å². The van der Waals surface area contributed by atoms with Crippen LogP contribution in [-0.2, 0) is 0 Å². The fraction of sp³-hybridized carbons (Fsp3) is 0.375. The number of hydrogen-bond acceptors (Lipinski definition) is 4. The molecule has 0 aromatic carbocycles. The minimum Gasteiger partial charge on any atom is -0.247 e. The Labute approximate surface area is 80.1 Å². The van der Waals surface area contributed by atoms with Crippen LogP contribution in [0.3, 0.4) is 0 Å². The molecule has 0 aliphatic carbocycles. The largest absolute Gasteiger partial charge is 0.247 e. The number of rotatable bonds is 3.